The highest BCUT2D eigenvalue weighted by atomic mass is 35.5. The number of hydrogen-bond acceptors (Lipinski definition) is 7. The van der Waals surface area contributed by atoms with E-state index < -0.39 is 39.1 Å². The third kappa shape index (κ3) is 9.11. The second kappa shape index (κ2) is 15.6. The zero-order valence-corrected chi connectivity index (χ0v) is 27.9. The predicted octanol–water partition coefficient (Wildman–Crippen LogP) is 5.77. The number of nitrogens with zero attached hydrogens (tertiary/aromatic N) is 3. The Hall–Kier alpha value is -3.87. The van der Waals surface area contributed by atoms with Gasteiger partial charge in [0.1, 0.15) is 24.0 Å². The van der Waals surface area contributed by atoms with Crippen LogP contribution in [-0.2, 0) is 32.6 Å². The standard InChI is InChI=1S/C32H36Cl2N4O7S/c1-45-30-16-15-26(38(41)42)19-28(30)37(46(2,43)44)21-31(39)36(20-23-13-14-24(33)18-27(23)34)29(17-22-9-5-3-6-10-22)32(40)35-25-11-7-4-8-12-25/h3,5-6,9-10,13-16,18-19,25,29H,4,7-8,11-12,17,20-21H2,1-2H3,(H,35,40)/t29-/m1/s1. The van der Waals surface area contributed by atoms with Crippen molar-refractivity contribution in [1.82, 2.24) is 10.2 Å². The van der Waals surface area contributed by atoms with Gasteiger partial charge < -0.3 is 15.0 Å². The van der Waals surface area contributed by atoms with Gasteiger partial charge in [-0.25, -0.2) is 8.42 Å². The number of anilines is 1. The number of amides is 2. The highest BCUT2D eigenvalue weighted by Crippen LogP contribution is 2.34. The van der Waals surface area contributed by atoms with Gasteiger partial charge in [-0.3, -0.25) is 24.0 Å². The summed E-state index contributed by atoms with van der Waals surface area (Å²) in [4.78, 5) is 40.7. The molecule has 2 amide bonds. The van der Waals surface area contributed by atoms with Crippen LogP contribution in [0.25, 0.3) is 0 Å². The molecule has 0 aromatic heterocycles. The van der Waals surface area contributed by atoms with E-state index >= 15 is 0 Å². The maximum absolute atomic E-state index is 14.4. The minimum absolute atomic E-state index is 0.00648. The van der Waals surface area contributed by atoms with Crippen LogP contribution < -0.4 is 14.4 Å². The summed E-state index contributed by atoms with van der Waals surface area (Å²) in [6.45, 7) is -0.919. The summed E-state index contributed by atoms with van der Waals surface area (Å²) in [5.74, 6) is -1.11. The average molecular weight is 692 g/mol. The van der Waals surface area contributed by atoms with E-state index in [1.165, 1.54) is 30.2 Å². The third-order valence-electron chi connectivity index (χ3n) is 7.90. The first-order valence-electron chi connectivity index (χ1n) is 14.7. The van der Waals surface area contributed by atoms with Crippen LogP contribution in [0.4, 0.5) is 11.4 Å². The number of halogens is 2. The maximum Gasteiger partial charge on any atom is 0.271 e. The summed E-state index contributed by atoms with van der Waals surface area (Å²) in [6.07, 6.45) is 5.69. The van der Waals surface area contributed by atoms with E-state index in [0.29, 0.717) is 10.6 Å². The van der Waals surface area contributed by atoms with Crippen LogP contribution in [0.5, 0.6) is 5.75 Å². The molecule has 1 aliphatic rings. The molecule has 0 spiro atoms. The summed E-state index contributed by atoms with van der Waals surface area (Å²) in [5.41, 5.74) is 0.687. The molecule has 14 heteroatoms. The summed E-state index contributed by atoms with van der Waals surface area (Å²) < 4.78 is 32.4. The fraction of sp³-hybridized carbons (Fsp3) is 0.375. The van der Waals surface area contributed by atoms with E-state index in [1.54, 1.807) is 12.1 Å². The molecule has 0 radical (unpaired) electrons. The van der Waals surface area contributed by atoms with E-state index in [2.05, 4.69) is 5.32 Å². The Bertz CT molecular complexity index is 1670. The van der Waals surface area contributed by atoms with Gasteiger partial charge in [-0.2, -0.15) is 0 Å². The monoisotopic (exact) mass is 690 g/mol. The highest BCUT2D eigenvalue weighted by molar-refractivity contribution is 7.92. The molecule has 0 aliphatic heterocycles. The molecule has 1 aliphatic carbocycles. The second-order valence-corrected chi connectivity index (χ2v) is 13.9. The number of carbonyl (C=O) groups excluding carboxylic acids is 2. The zero-order valence-electron chi connectivity index (χ0n) is 25.5. The van der Waals surface area contributed by atoms with E-state index in [-0.39, 0.29) is 41.4 Å². The minimum atomic E-state index is -4.20. The van der Waals surface area contributed by atoms with Crippen molar-refractivity contribution in [1.29, 1.82) is 0 Å². The lowest BCUT2D eigenvalue weighted by atomic mass is 9.94. The molecule has 0 saturated heterocycles. The molecule has 4 rings (SSSR count). The number of methoxy groups -OCH3 is 1. The van der Waals surface area contributed by atoms with Crippen molar-refractivity contribution >= 4 is 56.4 Å². The Morgan fingerprint density at radius 1 is 1.04 bits per heavy atom. The van der Waals surface area contributed by atoms with Gasteiger partial charge in [0, 0.05) is 41.2 Å². The molecular weight excluding hydrogens is 655 g/mol. The van der Waals surface area contributed by atoms with Crippen molar-refractivity contribution in [3.05, 3.63) is 98.0 Å². The molecule has 1 N–H and O–H groups in total. The number of rotatable bonds is 13. The van der Waals surface area contributed by atoms with Crippen molar-refractivity contribution < 1.29 is 27.7 Å². The van der Waals surface area contributed by atoms with E-state index in [0.717, 1.165) is 54.3 Å². The van der Waals surface area contributed by atoms with E-state index in [4.69, 9.17) is 27.9 Å². The summed E-state index contributed by atoms with van der Waals surface area (Å²) in [6, 6.07) is 16.3. The van der Waals surface area contributed by atoms with Crippen molar-refractivity contribution in [2.45, 2.75) is 57.2 Å². The fourth-order valence-corrected chi connectivity index (χ4v) is 6.83. The van der Waals surface area contributed by atoms with Crippen molar-refractivity contribution in [3.63, 3.8) is 0 Å². The summed E-state index contributed by atoms with van der Waals surface area (Å²) >= 11 is 12.7. The molecule has 11 nitrogen and oxygen atoms in total. The lowest BCUT2D eigenvalue weighted by Gasteiger charge is -2.35. The number of sulfonamides is 1. The predicted molar refractivity (Wildman–Crippen MR) is 178 cm³/mol. The number of ether oxygens (including phenoxy) is 1. The highest BCUT2D eigenvalue weighted by Gasteiger charge is 2.35. The molecule has 46 heavy (non-hydrogen) atoms. The molecule has 1 saturated carbocycles. The second-order valence-electron chi connectivity index (χ2n) is 11.2. The maximum atomic E-state index is 14.4. The van der Waals surface area contributed by atoms with Gasteiger partial charge in [0.15, 0.2) is 0 Å². The minimum Gasteiger partial charge on any atom is -0.495 e. The average Bonchev–Trinajstić information content (AvgIpc) is 3.02. The number of non-ortho nitro benzene ring substituents is 1. The normalized spacial score (nSPS) is 14.3. The van der Waals surface area contributed by atoms with Crippen molar-refractivity contribution in [3.8, 4) is 5.75 Å². The Morgan fingerprint density at radius 2 is 1.74 bits per heavy atom. The van der Waals surface area contributed by atoms with Crippen LogP contribution >= 0.6 is 23.2 Å². The first-order valence-corrected chi connectivity index (χ1v) is 17.4. The summed E-state index contributed by atoms with van der Waals surface area (Å²) in [7, 11) is -2.91. The summed E-state index contributed by atoms with van der Waals surface area (Å²) in [5, 5.41) is 15.3. The van der Waals surface area contributed by atoms with Crippen LogP contribution in [0.2, 0.25) is 10.0 Å². The van der Waals surface area contributed by atoms with Gasteiger partial charge >= 0.3 is 0 Å². The van der Waals surface area contributed by atoms with Gasteiger partial charge in [-0.15, -0.1) is 0 Å². The first kappa shape index (κ1) is 35.0. The van der Waals surface area contributed by atoms with Crippen molar-refractivity contribution in [2.24, 2.45) is 0 Å². The molecule has 246 valence electrons. The molecule has 1 fully saturated rings. The largest absolute Gasteiger partial charge is 0.495 e. The molecule has 1 atom stereocenters. The van der Waals surface area contributed by atoms with Gasteiger partial charge in [0.05, 0.1) is 18.3 Å². The lowest BCUT2D eigenvalue weighted by molar-refractivity contribution is -0.384. The van der Waals surface area contributed by atoms with Crippen LogP contribution in [0, 0.1) is 10.1 Å². The van der Waals surface area contributed by atoms with Crippen molar-refractivity contribution in [2.75, 3.05) is 24.2 Å². The topological polar surface area (TPSA) is 139 Å². The molecular formula is C32H36Cl2N4O7S. The fourth-order valence-electron chi connectivity index (χ4n) is 5.51. The molecule has 3 aromatic rings. The number of hydrogen-bond donors (Lipinski definition) is 1. The van der Waals surface area contributed by atoms with Crippen LogP contribution in [0.3, 0.4) is 0 Å². The number of nitro benzene ring substituents is 1. The van der Waals surface area contributed by atoms with E-state index in [1.807, 2.05) is 30.3 Å². The molecule has 0 bridgehead atoms. The Labute approximate surface area is 278 Å². The SMILES string of the molecule is COc1ccc([N+](=O)[O-])cc1N(CC(=O)N(Cc1ccc(Cl)cc1Cl)[C@H](Cc1ccccc1)C(=O)NC1CCCCC1)S(C)(=O)=O. The molecule has 3 aromatic carbocycles. The van der Waals surface area contributed by atoms with Gasteiger partial charge in [-0.05, 0) is 42.2 Å². The number of benzene rings is 3. The van der Waals surface area contributed by atoms with Gasteiger partial charge in [0.2, 0.25) is 21.8 Å². The van der Waals surface area contributed by atoms with E-state index in [9.17, 15) is 28.1 Å². The number of carbonyl (C=O) groups is 2. The Balaban J connectivity index is 1.80. The number of nitrogens with one attached hydrogen (secondary N) is 1. The quantitative estimate of drug-likeness (QED) is 0.178. The Morgan fingerprint density at radius 3 is 2.35 bits per heavy atom. The third-order valence-corrected chi connectivity index (χ3v) is 9.61. The molecule has 0 heterocycles. The molecule has 0 unspecified atom stereocenters. The van der Waals surface area contributed by atoms with Crippen LogP contribution in [0.15, 0.2) is 66.7 Å². The van der Waals surface area contributed by atoms with Crippen LogP contribution in [-0.4, -0.2) is 62.0 Å². The number of nitro groups is 1. The van der Waals surface area contributed by atoms with Gasteiger partial charge in [-0.1, -0.05) is 78.9 Å². The zero-order chi connectivity index (χ0) is 33.4. The first-order chi connectivity index (χ1) is 21.9. The smallest absolute Gasteiger partial charge is 0.271 e. The Kier molecular flexibility index (Phi) is 11.9. The van der Waals surface area contributed by atoms with Gasteiger partial charge in [0.25, 0.3) is 5.69 Å². The lowest BCUT2D eigenvalue weighted by Crippen LogP contribution is -2.55. The van der Waals surface area contributed by atoms with Crippen LogP contribution in [0.1, 0.15) is 43.2 Å².